The zero-order valence-corrected chi connectivity index (χ0v) is 66.7. The number of aromatic nitrogens is 4. The molecule has 0 spiro atoms. The molecule has 1 aliphatic heterocycles. The number of nitrogens with one attached hydrogen (secondary N) is 6. The van der Waals surface area contributed by atoms with Gasteiger partial charge < -0.3 is 93.3 Å². The summed E-state index contributed by atoms with van der Waals surface area (Å²) in [6.45, 7) is 13.6. The van der Waals surface area contributed by atoms with Crippen LogP contribution < -0.4 is 37.6 Å². The number of ether oxygens (including phenoxy) is 9. The van der Waals surface area contributed by atoms with Crippen molar-refractivity contribution in [3.05, 3.63) is 123 Å². The van der Waals surface area contributed by atoms with Crippen LogP contribution in [0.3, 0.4) is 0 Å². The summed E-state index contributed by atoms with van der Waals surface area (Å²) in [5.41, 5.74) is 8.16. The van der Waals surface area contributed by atoms with Crippen molar-refractivity contribution in [2.45, 2.75) is 116 Å². The Morgan fingerprint density at radius 2 is 1.29 bits per heavy atom. The van der Waals surface area contributed by atoms with Gasteiger partial charge in [0.2, 0.25) is 29.5 Å². The first-order valence-electron chi connectivity index (χ1n) is 38.2. The van der Waals surface area contributed by atoms with E-state index in [4.69, 9.17) is 47.6 Å². The number of fused-ring (bicyclic) bond motifs is 6. The SMILES string of the molecule is CC[C@@]1(O)C(=O)CCc2c1cc1n(c2=O)Cc2c-1nc1ccccc1c2CCN(CCN(C)C)C(=O)OCc1ccc(NC(=O)[C@H](C)NC(=O)[C@@H](NC(=O)CCOCCOCCOCCOCCOCCOCCOCCOCCNC(=O)[C@H](CS(=O)(=O)O)NC(=O)CCn2c(CN(C)NC)cc3cccnc32)C(C)C)cc1. The summed E-state index contributed by atoms with van der Waals surface area (Å²) >= 11 is 0. The first kappa shape index (κ1) is 89.8. The fourth-order valence-corrected chi connectivity index (χ4v) is 13.5. The van der Waals surface area contributed by atoms with Gasteiger partial charge in [-0.25, -0.2) is 19.8 Å². The molecule has 0 radical (unpaired) electrons. The van der Waals surface area contributed by atoms with Crippen LogP contribution in [-0.2, 0) is 126 Å². The molecule has 0 saturated heterocycles. The maximum Gasteiger partial charge on any atom is 0.410 e. The number of nitrogens with zero attached hydrogens (tertiary/aromatic N) is 7. The second-order valence-corrected chi connectivity index (χ2v) is 29.5. The fourth-order valence-electron chi connectivity index (χ4n) is 12.9. The Morgan fingerprint density at radius 3 is 1.89 bits per heavy atom. The number of anilines is 1. The van der Waals surface area contributed by atoms with Gasteiger partial charge in [-0.1, -0.05) is 51.1 Å². The van der Waals surface area contributed by atoms with Gasteiger partial charge in [-0.2, -0.15) is 8.42 Å². The van der Waals surface area contributed by atoms with E-state index in [1.54, 1.807) is 73.8 Å². The van der Waals surface area contributed by atoms with Gasteiger partial charge in [-0.05, 0) is 107 Å². The quantitative estimate of drug-likeness (QED) is 0.0154. The second-order valence-electron chi connectivity index (χ2n) is 28.0. The largest absolute Gasteiger partial charge is 0.445 e. The molecule has 0 unspecified atom stereocenters. The summed E-state index contributed by atoms with van der Waals surface area (Å²) in [7, 11) is 2.87. The Labute approximate surface area is 658 Å². The van der Waals surface area contributed by atoms with Crippen molar-refractivity contribution in [2.75, 3.05) is 171 Å². The predicted molar refractivity (Wildman–Crippen MR) is 419 cm³/mol. The van der Waals surface area contributed by atoms with E-state index in [0.29, 0.717) is 137 Å². The van der Waals surface area contributed by atoms with Gasteiger partial charge >= 0.3 is 6.09 Å². The molecular weight excluding hydrogens is 1490 g/mol. The number of hydrogen-bond acceptors (Lipinski definition) is 25. The molecular formula is C78H111N13O21S. The van der Waals surface area contributed by atoms with E-state index in [0.717, 1.165) is 27.6 Å². The molecule has 4 atom stereocenters. The van der Waals surface area contributed by atoms with Crippen LogP contribution in [0.15, 0.2) is 83.8 Å². The van der Waals surface area contributed by atoms with Crippen LogP contribution in [0.2, 0.25) is 0 Å². The number of carbonyl (C=O) groups is 7. The van der Waals surface area contributed by atoms with Crippen molar-refractivity contribution in [2.24, 2.45) is 5.92 Å². The molecule has 34 nitrogen and oxygen atoms in total. The zero-order valence-electron chi connectivity index (χ0n) is 65.9. The average molecular weight is 1600 g/mol. The molecule has 113 heavy (non-hydrogen) atoms. The molecule has 2 aromatic carbocycles. The highest BCUT2D eigenvalue weighted by atomic mass is 32.2. The number of aliphatic hydroxyl groups is 1. The molecule has 0 fully saturated rings. The Balaban J connectivity index is 0.604. The molecule has 0 saturated carbocycles. The lowest BCUT2D eigenvalue weighted by atomic mass is 9.77. The normalized spacial score (nSPS) is 14.8. The molecule has 8 N–H and O–H groups in total. The van der Waals surface area contributed by atoms with E-state index < -0.39 is 75.2 Å². The molecule has 2 aliphatic rings. The number of hydrazine groups is 1. The predicted octanol–water partition coefficient (Wildman–Crippen LogP) is 2.88. The van der Waals surface area contributed by atoms with Crippen LogP contribution in [-0.4, -0.2) is 277 Å². The smallest absolute Gasteiger partial charge is 0.410 e. The highest BCUT2D eigenvalue weighted by Crippen LogP contribution is 2.41. The fraction of sp³-hybridized carbons (Fsp3) is 0.564. The maximum atomic E-state index is 14.1. The summed E-state index contributed by atoms with van der Waals surface area (Å²) in [5.74, 6) is -4.42. The number of amides is 6. The monoisotopic (exact) mass is 1600 g/mol. The number of benzene rings is 2. The summed E-state index contributed by atoms with van der Waals surface area (Å²) in [6.07, 6.45) is 1.93. The van der Waals surface area contributed by atoms with Crippen LogP contribution in [0, 0.1) is 5.92 Å². The van der Waals surface area contributed by atoms with Crippen molar-refractivity contribution in [1.82, 2.24) is 60.6 Å². The highest BCUT2D eigenvalue weighted by Gasteiger charge is 2.43. The number of para-hydroxylation sites is 1. The van der Waals surface area contributed by atoms with Crippen molar-refractivity contribution in [1.29, 1.82) is 0 Å². The summed E-state index contributed by atoms with van der Waals surface area (Å²) < 4.78 is 86.7. The number of ketones is 1. The number of carbonyl (C=O) groups excluding carboxylic acids is 7. The second kappa shape index (κ2) is 45.3. The van der Waals surface area contributed by atoms with Crippen molar-refractivity contribution < 1.29 is 94.3 Å². The topological polar surface area (TPSA) is 412 Å². The number of aryl methyl sites for hydroxylation is 1. The number of hydrogen-bond donors (Lipinski definition) is 8. The number of Topliss-reactive ketones (excluding diaryl/α,β-unsaturated/α-hetero) is 1. The van der Waals surface area contributed by atoms with Gasteiger partial charge in [0.25, 0.3) is 15.7 Å². The molecule has 35 heteroatoms. The van der Waals surface area contributed by atoms with E-state index >= 15 is 0 Å². The van der Waals surface area contributed by atoms with E-state index in [9.17, 15) is 56.4 Å². The third-order valence-electron chi connectivity index (χ3n) is 19.1. The Kier molecular flexibility index (Phi) is 36.0. The minimum Gasteiger partial charge on any atom is -0.445 e. The molecule has 5 heterocycles. The molecule has 4 aromatic heterocycles. The average Bonchev–Trinajstić information content (AvgIpc) is 1.60. The lowest BCUT2D eigenvalue weighted by molar-refractivity contribution is -0.140. The Hall–Kier alpha value is -8.79. The van der Waals surface area contributed by atoms with E-state index in [-0.39, 0.29) is 122 Å². The van der Waals surface area contributed by atoms with Gasteiger partial charge in [-0.3, -0.25) is 43.5 Å². The molecule has 6 aromatic rings. The summed E-state index contributed by atoms with van der Waals surface area (Å²) in [6, 6.07) is 18.5. The number of rotatable bonds is 52. The standard InChI is InChI=1S/C78H111N13O21S/c1-9-78(100)63-48-66-71-62(50-91(66)76(98)61(63)20-21-67(78)92)59(60-14-10-11-15-64(60)85-71)22-27-89(30-29-87(6)7)77(99)112-51-55-16-18-57(19-17-55)83-73(95)54(4)82-75(97)70(53(2)3)86-69(94)24-31-104-33-35-106-37-39-108-41-43-110-45-46-111-44-42-109-40-38-107-36-34-105-32-26-81-74(96)65(52-113(101,102)103)84-68(93)23-28-90-58(49-88(8)79-5)47-56-13-12-25-80-72(56)90/h10-19,25,47-48,53-54,65,70,79,100H,9,20-24,26-46,49-52H2,1-8H3,(H,81,96)(H,82,97)(H,83,95)(H,84,93)(H,86,94)(H,101,102,103)/t54-,65-,70-,78-/m0/s1. The molecule has 1 aliphatic carbocycles. The Bertz CT molecular complexity index is 4310. The zero-order chi connectivity index (χ0) is 81.5. The molecule has 8 rings (SSSR count). The van der Waals surface area contributed by atoms with Crippen LogP contribution in [0.4, 0.5) is 10.5 Å². The van der Waals surface area contributed by atoms with Crippen LogP contribution in [0.25, 0.3) is 33.3 Å². The maximum absolute atomic E-state index is 14.1. The molecule has 6 amide bonds. The van der Waals surface area contributed by atoms with Crippen LogP contribution in [0.1, 0.15) is 86.9 Å². The molecule has 620 valence electrons. The lowest BCUT2D eigenvalue weighted by Crippen LogP contribution is -2.53. The third kappa shape index (κ3) is 27.5. The van der Waals surface area contributed by atoms with Gasteiger partial charge in [0.15, 0.2) is 5.78 Å². The van der Waals surface area contributed by atoms with E-state index in [1.165, 1.54) is 6.92 Å². The van der Waals surface area contributed by atoms with E-state index in [1.807, 2.05) is 78.1 Å². The molecule has 0 bridgehead atoms. The Morgan fingerprint density at radius 1 is 0.681 bits per heavy atom. The van der Waals surface area contributed by atoms with Crippen molar-refractivity contribution >= 4 is 79.2 Å². The van der Waals surface area contributed by atoms with Gasteiger partial charge in [-0.15, -0.1) is 0 Å². The van der Waals surface area contributed by atoms with Crippen molar-refractivity contribution in [3.63, 3.8) is 0 Å². The van der Waals surface area contributed by atoms with Crippen molar-refractivity contribution in [3.8, 4) is 11.4 Å². The van der Waals surface area contributed by atoms with Gasteiger partial charge in [0, 0.05) is 104 Å². The number of pyridine rings is 3. The number of likely N-dealkylation sites (N-methyl/N-ethyl adjacent to an activating group) is 1. The minimum absolute atomic E-state index is 0.00840. The van der Waals surface area contributed by atoms with Gasteiger partial charge in [0.05, 0.1) is 136 Å². The highest BCUT2D eigenvalue weighted by molar-refractivity contribution is 7.85. The van der Waals surface area contributed by atoms with Crippen LogP contribution in [0.5, 0.6) is 0 Å². The van der Waals surface area contributed by atoms with Gasteiger partial charge in [0.1, 0.15) is 41.7 Å². The minimum atomic E-state index is -4.62. The summed E-state index contributed by atoms with van der Waals surface area (Å²) in [5, 5.41) is 28.4. The third-order valence-corrected chi connectivity index (χ3v) is 19.9. The summed E-state index contributed by atoms with van der Waals surface area (Å²) in [4.78, 5) is 120. The first-order chi connectivity index (χ1) is 54.3. The van der Waals surface area contributed by atoms with Crippen LogP contribution >= 0.6 is 0 Å². The van der Waals surface area contributed by atoms with E-state index in [2.05, 4.69) is 37.0 Å². The lowest BCUT2D eigenvalue weighted by Gasteiger charge is -2.32. The first-order valence-corrected chi connectivity index (χ1v) is 39.8.